The predicted molar refractivity (Wildman–Crippen MR) is 87.2 cm³/mol. The van der Waals surface area contributed by atoms with Crippen LogP contribution < -0.4 is 0 Å². The monoisotopic (exact) mass is 270 g/mol. The summed E-state index contributed by atoms with van der Waals surface area (Å²) < 4.78 is 0. The molecule has 0 heterocycles. The fraction of sp³-hybridized carbons (Fsp3) is 0.867. The van der Waals surface area contributed by atoms with Crippen LogP contribution in [-0.2, 0) is 0 Å². The molecule has 0 saturated heterocycles. The van der Waals surface area contributed by atoms with Crippen molar-refractivity contribution in [3.63, 3.8) is 0 Å². The maximum atomic E-state index is 2.65. The van der Waals surface area contributed by atoms with Crippen molar-refractivity contribution in [2.24, 2.45) is 0 Å². The van der Waals surface area contributed by atoms with Gasteiger partial charge in [-0.15, -0.1) is 5.70 Å². The van der Waals surface area contributed by atoms with E-state index in [1.807, 2.05) is 0 Å². The molecule has 0 N–H and O–H groups in total. The first-order valence-corrected chi connectivity index (χ1v) is 8.93. The standard InChI is InChI=1S/C15H34N2Si/c1-6-15(13-11-12-14-18,16(7-2)8-3)17(9-4)10-5/h12,14H,6-11,13H2,1-5,18H3/b14-12-. The third-order valence-electron chi connectivity index (χ3n) is 4.22. The second-order valence-electron chi connectivity index (χ2n) is 4.79. The molecule has 0 aromatic carbocycles. The van der Waals surface area contributed by atoms with Gasteiger partial charge in [-0.25, -0.2) is 0 Å². The van der Waals surface area contributed by atoms with E-state index in [1.165, 1.54) is 29.5 Å². The Morgan fingerprint density at radius 2 is 1.33 bits per heavy atom. The molecule has 0 amide bonds. The smallest absolute Gasteiger partial charge is 0.0737 e. The van der Waals surface area contributed by atoms with Gasteiger partial charge in [0.1, 0.15) is 0 Å². The molecule has 18 heavy (non-hydrogen) atoms. The van der Waals surface area contributed by atoms with Crippen LogP contribution in [0.2, 0.25) is 0 Å². The summed E-state index contributed by atoms with van der Waals surface area (Å²) in [6, 6.07) is 0. The lowest BCUT2D eigenvalue weighted by Gasteiger charge is -2.50. The molecule has 0 aliphatic heterocycles. The van der Waals surface area contributed by atoms with Gasteiger partial charge in [0.2, 0.25) is 0 Å². The Morgan fingerprint density at radius 3 is 1.61 bits per heavy atom. The van der Waals surface area contributed by atoms with Crippen molar-refractivity contribution >= 4 is 10.2 Å². The Kier molecular flexibility index (Phi) is 9.69. The molecule has 2 nitrogen and oxygen atoms in total. The summed E-state index contributed by atoms with van der Waals surface area (Å²) in [5, 5.41) is 0. The van der Waals surface area contributed by atoms with Gasteiger partial charge in [-0.05, 0) is 45.4 Å². The third-order valence-corrected chi connectivity index (χ3v) is 4.69. The molecule has 0 aliphatic rings. The van der Waals surface area contributed by atoms with E-state index in [0.717, 1.165) is 26.2 Å². The fourth-order valence-corrected chi connectivity index (χ4v) is 3.58. The highest BCUT2D eigenvalue weighted by molar-refractivity contribution is 6.16. The molecule has 0 radical (unpaired) electrons. The van der Waals surface area contributed by atoms with Crippen molar-refractivity contribution in [1.82, 2.24) is 9.80 Å². The van der Waals surface area contributed by atoms with Gasteiger partial charge < -0.3 is 0 Å². The number of allylic oxidation sites excluding steroid dienone is 1. The minimum absolute atomic E-state index is 0.258. The Morgan fingerprint density at radius 1 is 0.889 bits per heavy atom. The minimum Gasteiger partial charge on any atom is -0.286 e. The first kappa shape index (κ1) is 17.9. The Bertz CT molecular complexity index is 209. The SMILES string of the molecule is CCN(CC)C(CC)(CC/C=C\[SiH3])N(CC)CC. The molecule has 0 spiro atoms. The van der Waals surface area contributed by atoms with Crippen LogP contribution in [0.25, 0.3) is 0 Å². The van der Waals surface area contributed by atoms with Crippen molar-refractivity contribution in [3.8, 4) is 0 Å². The quantitative estimate of drug-likeness (QED) is 0.444. The second-order valence-corrected chi connectivity index (χ2v) is 5.45. The maximum Gasteiger partial charge on any atom is 0.0737 e. The first-order chi connectivity index (χ1) is 8.66. The van der Waals surface area contributed by atoms with E-state index >= 15 is 0 Å². The second kappa shape index (κ2) is 9.76. The Hall–Kier alpha value is -0.123. The van der Waals surface area contributed by atoms with E-state index in [9.17, 15) is 0 Å². The molecule has 3 heteroatoms. The largest absolute Gasteiger partial charge is 0.286 e. The molecule has 0 aliphatic carbocycles. The van der Waals surface area contributed by atoms with Crippen LogP contribution in [0.5, 0.6) is 0 Å². The van der Waals surface area contributed by atoms with Crippen LogP contribution in [0, 0.1) is 0 Å². The summed E-state index contributed by atoms with van der Waals surface area (Å²) in [7, 11) is 1.18. The van der Waals surface area contributed by atoms with E-state index in [-0.39, 0.29) is 5.66 Å². The lowest BCUT2D eigenvalue weighted by atomic mass is 9.95. The van der Waals surface area contributed by atoms with E-state index in [2.05, 4.69) is 56.2 Å². The van der Waals surface area contributed by atoms with Crippen molar-refractivity contribution in [2.75, 3.05) is 26.2 Å². The number of nitrogens with zero attached hydrogens (tertiary/aromatic N) is 2. The fourth-order valence-electron chi connectivity index (χ4n) is 3.25. The van der Waals surface area contributed by atoms with Gasteiger partial charge in [0.25, 0.3) is 0 Å². The molecule has 0 saturated carbocycles. The zero-order valence-corrected chi connectivity index (χ0v) is 15.5. The van der Waals surface area contributed by atoms with Gasteiger partial charge in [-0.2, -0.15) is 0 Å². The van der Waals surface area contributed by atoms with Gasteiger partial charge in [0.05, 0.1) is 5.66 Å². The van der Waals surface area contributed by atoms with Gasteiger partial charge in [-0.1, -0.05) is 40.7 Å². The van der Waals surface area contributed by atoms with E-state index in [1.54, 1.807) is 0 Å². The molecule has 0 bridgehead atoms. The minimum atomic E-state index is 0.258. The summed E-state index contributed by atoms with van der Waals surface area (Å²) in [4.78, 5) is 5.31. The van der Waals surface area contributed by atoms with Crippen LogP contribution in [0.15, 0.2) is 11.8 Å². The van der Waals surface area contributed by atoms with Crippen LogP contribution in [0.3, 0.4) is 0 Å². The van der Waals surface area contributed by atoms with Crippen LogP contribution in [0.1, 0.15) is 53.9 Å². The molecular formula is C15H34N2Si. The summed E-state index contributed by atoms with van der Waals surface area (Å²) in [6.45, 7) is 16.1. The zero-order valence-electron chi connectivity index (χ0n) is 13.5. The summed E-state index contributed by atoms with van der Waals surface area (Å²) in [5.41, 5.74) is 2.57. The summed E-state index contributed by atoms with van der Waals surface area (Å²) in [6.07, 6.45) is 6.05. The average Bonchev–Trinajstić information content (AvgIpc) is 2.40. The van der Waals surface area contributed by atoms with Gasteiger partial charge in [0, 0.05) is 10.2 Å². The third kappa shape index (κ3) is 4.21. The van der Waals surface area contributed by atoms with E-state index in [0.29, 0.717) is 0 Å². The van der Waals surface area contributed by atoms with Gasteiger partial charge in [-0.3, -0.25) is 9.80 Å². The highest BCUT2D eigenvalue weighted by Crippen LogP contribution is 2.30. The van der Waals surface area contributed by atoms with Crippen molar-refractivity contribution in [3.05, 3.63) is 11.8 Å². The summed E-state index contributed by atoms with van der Waals surface area (Å²) >= 11 is 0. The molecular weight excluding hydrogens is 236 g/mol. The number of hydrogen-bond donors (Lipinski definition) is 0. The van der Waals surface area contributed by atoms with Crippen molar-refractivity contribution < 1.29 is 0 Å². The highest BCUT2D eigenvalue weighted by atomic mass is 28.1. The van der Waals surface area contributed by atoms with Gasteiger partial charge in [0.15, 0.2) is 0 Å². The molecule has 0 aromatic rings. The molecule has 0 atom stereocenters. The topological polar surface area (TPSA) is 6.48 Å². The predicted octanol–water partition coefficient (Wildman–Crippen LogP) is 2.44. The molecule has 0 rings (SSSR count). The molecule has 0 aromatic heterocycles. The van der Waals surface area contributed by atoms with E-state index < -0.39 is 0 Å². The van der Waals surface area contributed by atoms with Crippen LogP contribution >= 0.6 is 0 Å². The molecule has 0 fully saturated rings. The van der Waals surface area contributed by atoms with E-state index in [4.69, 9.17) is 0 Å². The summed E-state index contributed by atoms with van der Waals surface area (Å²) in [5.74, 6) is 0. The van der Waals surface area contributed by atoms with Crippen LogP contribution in [0.4, 0.5) is 0 Å². The van der Waals surface area contributed by atoms with Crippen molar-refractivity contribution in [2.45, 2.75) is 59.5 Å². The first-order valence-electron chi connectivity index (χ1n) is 7.77. The number of hydrogen-bond acceptors (Lipinski definition) is 2. The normalized spacial score (nSPS) is 13.3. The zero-order chi connectivity index (χ0) is 14.0. The van der Waals surface area contributed by atoms with Crippen LogP contribution in [-0.4, -0.2) is 51.9 Å². The Labute approximate surface area is 118 Å². The highest BCUT2D eigenvalue weighted by Gasteiger charge is 2.37. The van der Waals surface area contributed by atoms with Crippen molar-refractivity contribution in [1.29, 1.82) is 0 Å². The maximum absolute atomic E-state index is 2.65. The molecule has 0 unspecified atom stereocenters. The Balaban J connectivity index is 5.15. The molecule has 108 valence electrons. The number of rotatable bonds is 10. The van der Waals surface area contributed by atoms with Gasteiger partial charge >= 0.3 is 0 Å². The lowest BCUT2D eigenvalue weighted by molar-refractivity contribution is -0.0594. The lowest BCUT2D eigenvalue weighted by Crippen LogP contribution is -2.60. The average molecular weight is 271 g/mol.